The molecule has 0 aromatic heterocycles. The molecule has 0 spiro atoms. The van der Waals surface area contributed by atoms with Gasteiger partial charge in [0.25, 0.3) is 21.8 Å². The fourth-order valence-corrected chi connectivity index (χ4v) is 5.83. The van der Waals surface area contributed by atoms with Gasteiger partial charge in [-0.3, -0.25) is 13.9 Å². The minimum absolute atomic E-state index is 0.0363. The molecule has 1 fully saturated rings. The number of nitrogens with one attached hydrogen (secondary N) is 1. The van der Waals surface area contributed by atoms with Crippen LogP contribution in [0.1, 0.15) is 10.4 Å². The fraction of sp³-hybridized carbons (Fsp3) is 0.231. The fourth-order valence-electron chi connectivity index (χ4n) is 4.23. The number of fused-ring (bicyclic) bond motifs is 1. The highest BCUT2D eigenvalue weighted by atomic mass is 35.5. The van der Waals surface area contributed by atoms with Crippen molar-refractivity contribution in [3.63, 3.8) is 0 Å². The molecule has 1 N–H and O–H groups in total. The van der Waals surface area contributed by atoms with Crippen LogP contribution in [0.25, 0.3) is 0 Å². The molecule has 0 aliphatic carbocycles. The molecule has 0 saturated carbocycles. The van der Waals surface area contributed by atoms with E-state index in [1.165, 1.54) is 24.3 Å². The standard InChI is InChI=1S/C26H24ClN3O6S/c27-18-9-11-19(12-10-18)37(33,34)30-17-24(36-23-8-4-3-7-22(23)30)25(31)28-21-6-2-1-5-20(21)26(32)29-13-15-35-16-14-29/h1-12,24H,13-17H2,(H,28,31)/t24-/m1/s1. The molecule has 0 unspecified atom stereocenters. The maximum absolute atomic E-state index is 13.5. The molecule has 2 aliphatic rings. The molecule has 9 nitrogen and oxygen atoms in total. The summed E-state index contributed by atoms with van der Waals surface area (Å²) in [5.74, 6) is -0.543. The van der Waals surface area contributed by atoms with Crippen molar-refractivity contribution < 1.29 is 27.5 Å². The Morgan fingerprint density at radius 2 is 1.59 bits per heavy atom. The van der Waals surface area contributed by atoms with Crippen LogP contribution in [0.15, 0.2) is 77.7 Å². The minimum atomic E-state index is -4.03. The molecule has 1 saturated heterocycles. The summed E-state index contributed by atoms with van der Waals surface area (Å²) in [6.07, 6.45) is -1.16. The maximum Gasteiger partial charge on any atom is 0.267 e. The number of para-hydroxylation sites is 3. The number of ether oxygens (including phenoxy) is 2. The van der Waals surface area contributed by atoms with Gasteiger partial charge in [-0.1, -0.05) is 35.9 Å². The first-order valence-electron chi connectivity index (χ1n) is 11.7. The van der Waals surface area contributed by atoms with Gasteiger partial charge in [0.1, 0.15) is 5.75 Å². The highest BCUT2D eigenvalue weighted by Gasteiger charge is 2.38. The van der Waals surface area contributed by atoms with Gasteiger partial charge in [0.05, 0.1) is 41.6 Å². The second kappa shape index (κ2) is 10.4. The van der Waals surface area contributed by atoms with Gasteiger partial charge in [-0.05, 0) is 48.5 Å². The lowest BCUT2D eigenvalue weighted by atomic mass is 10.1. The predicted octanol–water partition coefficient (Wildman–Crippen LogP) is 3.41. The number of rotatable bonds is 5. The molecule has 2 aliphatic heterocycles. The van der Waals surface area contributed by atoms with Gasteiger partial charge >= 0.3 is 0 Å². The number of amides is 2. The molecule has 5 rings (SSSR count). The molecular weight excluding hydrogens is 518 g/mol. The molecule has 1 atom stereocenters. The third kappa shape index (κ3) is 5.13. The molecule has 2 heterocycles. The van der Waals surface area contributed by atoms with E-state index >= 15 is 0 Å². The van der Waals surface area contributed by atoms with Crippen molar-refractivity contribution in [2.45, 2.75) is 11.0 Å². The van der Waals surface area contributed by atoms with E-state index in [0.29, 0.717) is 48.3 Å². The molecule has 0 radical (unpaired) electrons. The number of hydrogen-bond acceptors (Lipinski definition) is 6. The highest BCUT2D eigenvalue weighted by molar-refractivity contribution is 7.92. The van der Waals surface area contributed by atoms with Crippen molar-refractivity contribution in [2.24, 2.45) is 0 Å². The number of nitrogens with zero attached hydrogens (tertiary/aromatic N) is 2. The number of hydrogen-bond donors (Lipinski definition) is 1. The lowest BCUT2D eigenvalue weighted by Crippen LogP contribution is -2.49. The minimum Gasteiger partial charge on any atom is -0.476 e. The first-order valence-corrected chi connectivity index (χ1v) is 13.5. The Morgan fingerprint density at radius 3 is 2.35 bits per heavy atom. The molecule has 0 bridgehead atoms. The van der Waals surface area contributed by atoms with Crippen LogP contribution >= 0.6 is 11.6 Å². The summed E-state index contributed by atoms with van der Waals surface area (Å²) in [5, 5.41) is 3.18. The van der Waals surface area contributed by atoms with E-state index in [0.717, 1.165) is 4.31 Å². The molecule has 37 heavy (non-hydrogen) atoms. The van der Waals surface area contributed by atoms with Crippen molar-refractivity contribution >= 4 is 44.8 Å². The average Bonchev–Trinajstić information content (AvgIpc) is 2.93. The van der Waals surface area contributed by atoms with Crippen molar-refractivity contribution in [2.75, 3.05) is 42.5 Å². The molecule has 3 aromatic rings. The summed E-state index contributed by atoms with van der Waals surface area (Å²) in [7, 11) is -4.03. The number of benzene rings is 3. The van der Waals surface area contributed by atoms with Crippen LogP contribution in [-0.4, -0.2) is 64.1 Å². The van der Waals surface area contributed by atoms with Crippen LogP contribution in [0.2, 0.25) is 5.02 Å². The summed E-state index contributed by atoms with van der Waals surface area (Å²) in [4.78, 5) is 28.2. The molecule has 11 heteroatoms. The smallest absolute Gasteiger partial charge is 0.267 e. The number of anilines is 2. The third-order valence-electron chi connectivity index (χ3n) is 6.14. The monoisotopic (exact) mass is 541 g/mol. The molecule has 3 aromatic carbocycles. The lowest BCUT2D eigenvalue weighted by molar-refractivity contribution is -0.122. The topological polar surface area (TPSA) is 105 Å². The molecule has 2 amide bonds. The second-order valence-electron chi connectivity index (χ2n) is 8.50. The Kier molecular flexibility index (Phi) is 7.05. The summed E-state index contributed by atoms with van der Waals surface area (Å²) in [6, 6.07) is 19.1. The van der Waals surface area contributed by atoms with Crippen LogP contribution in [-0.2, 0) is 19.6 Å². The van der Waals surface area contributed by atoms with E-state index in [9.17, 15) is 18.0 Å². The van der Waals surface area contributed by atoms with Crippen LogP contribution < -0.4 is 14.4 Å². The number of carbonyl (C=O) groups excluding carboxylic acids is 2. The van der Waals surface area contributed by atoms with Crippen LogP contribution in [0.3, 0.4) is 0 Å². The van der Waals surface area contributed by atoms with Gasteiger partial charge in [-0.15, -0.1) is 0 Å². The number of halogens is 1. The third-order valence-corrected chi connectivity index (χ3v) is 8.19. The van der Waals surface area contributed by atoms with Gasteiger partial charge in [-0.2, -0.15) is 0 Å². The van der Waals surface area contributed by atoms with E-state index in [-0.39, 0.29) is 23.1 Å². The predicted molar refractivity (Wildman–Crippen MR) is 139 cm³/mol. The quantitative estimate of drug-likeness (QED) is 0.531. The number of morpholine rings is 1. The summed E-state index contributed by atoms with van der Waals surface area (Å²) in [6.45, 7) is 1.57. The first kappa shape index (κ1) is 25.1. The van der Waals surface area contributed by atoms with E-state index in [2.05, 4.69) is 5.32 Å². The summed E-state index contributed by atoms with van der Waals surface area (Å²) >= 11 is 5.94. The molecule has 192 valence electrons. The lowest BCUT2D eigenvalue weighted by Gasteiger charge is -2.34. The summed E-state index contributed by atoms with van der Waals surface area (Å²) < 4.78 is 39.5. The Hall–Kier alpha value is -3.60. The first-order chi connectivity index (χ1) is 17.8. The van der Waals surface area contributed by atoms with E-state index in [4.69, 9.17) is 21.1 Å². The van der Waals surface area contributed by atoms with Crippen molar-refractivity contribution in [3.05, 3.63) is 83.4 Å². The maximum atomic E-state index is 13.5. The Morgan fingerprint density at radius 1 is 0.919 bits per heavy atom. The van der Waals surface area contributed by atoms with Gasteiger partial charge in [0, 0.05) is 18.1 Å². The van der Waals surface area contributed by atoms with Crippen molar-refractivity contribution in [1.29, 1.82) is 0 Å². The van der Waals surface area contributed by atoms with Gasteiger partial charge in [0.2, 0.25) is 0 Å². The number of sulfonamides is 1. The van der Waals surface area contributed by atoms with Crippen molar-refractivity contribution in [3.8, 4) is 5.75 Å². The van der Waals surface area contributed by atoms with Gasteiger partial charge in [-0.25, -0.2) is 8.42 Å². The zero-order valence-corrected chi connectivity index (χ0v) is 21.2. The van der Waals surface area contributed by atoms with Crippen LogP contribution in [0.4, 0.5) is 11.4 Å². The Bertz CT molecular complexity index is 1420. The zero-order valence-electron chi connectivity index (χ0n) is 19.7. The van der Waals surface area contributed by atoms with Crippen molar-refractivity contribution in [1.82, 2.24) is 4.90 Å². The van der Waals surface area contributed by atoms with E-state index in [1.54, 1.807) is 53.4 Å². The second-order valence-corrected chi connectivity index (χ2v) is 10.8. The zero-order chi connectivity index (χ0) is 26.0. The van der Waals surface area contributed by atoms with E-state index in [1.807, 2.05) is 0 Å². The van der Waals surface area contributed by atoms with Crippen LogP contribution in [0, 0.1) is 0 Å². The highest BCUT2D eigenvalue weighted by Crippen LogP contribution is 2.37. The van der Waals surface area contributed by atoms with Gasteiger partial charge < -0.3 is 19.7 Å². The van der Waals surface area contributed by atoms with E-state index < -0.39 is 22.0 Å². The summed E-state index contributed by atoms with van der Waals surface area (Å²) in [5.41, 5.74) is 0.975. The average molecular weight is 542 g/mol. The SMILES string of the molecule is O=C(Nc1ccccc1C(=O)N1CCOCC1)[C@H]1CN(S(=O)(=O)c2ccc(Cl)cc2)c2ccccc2O1. The Balaban J connectivity index is 1.42. The number of carbonyl (C=O) groups is 2. The van der Waals surface area contributed by atoms with Crippen LogP contribution in [0.5, 0.6) is 5.75 Å². The normalized spacial score (nSPS) is 17.5. The molecular formula is C26H24ClN3O6S. The largest absolute Gasteiger partial charge is 0.476 e. The van der Waals surface area contributed by atoms with Gasteiger partial charge in [0.15, 0.2) is 6.10 Å². The Labute approximate surface area is 219 Å².